The zero-order valence-corrected chi connectivity index (χ0v) is 8.81. The summed E-state index contributed by atoms with van der Waals surface area (Å²) in [6.45, 7) is 0. The molecule has 4 nitrogen and oxygen atoms in total. The van der Waals surface area contributed by atoms with Crippen molar-refractivity contribution < 1.29 is 4.79 Å². The first-order chi connectivity index (χ1) is 7.69. The summed E-state index contributed by atoms with van der Waals surface area (Å²) in [4.78, 5) is 11.8. The number of nitrogens with one attached hydrogen (secondary N) is 1. The molecule has 1 saturated carbocycles. The Morgan fingerprint density at radius 3 is 2.88 bits per heavy atom. The van der Waals surface area contributed by atoms with Crippen LogP contribution in [0.15, 0.2) is 24.3 Å². The maximum atomic E-state index is 11.8. The number of rotatable bonds is 2. The normalized spacial score (nSPS) is 23.0. The molecule has 1 aliphatic rings. The van der Waals surface area contributed by atoms with Gasteiger partial charge >= 0.3 is 0 Å². The van der Waals surface area contributed by atoms with Crippen LogP contribution in [0, 0.1) is 11.3 Å². The lowest BCUT2D eigenvalue weighted by Crippen LogP contribution is -2.50. The molecular formula is C12H13N3O. The Balaban J connectivity index is 2.01. The third kappa shape index (κ3) is 2.20. The van der Waals surface area contributed by atoms with Gasteiger partial charge in [-0.25, -0.2) is 0 Å². The molecule has 4 heteroatoms. The first-order valence-corrected chi connectivity index (χ1v) is 5.25. The van der Waals surface area contributed by atoms with Crippen molar-refractivity contribution in [1.29, 1.82) is 5.26 Å². The molecule has 0 heterocycles. The molecule has 0 aliphatic heterocycles. The maximum absolute atomic E-state index is 11.8. The summed E-state index contributed by atoms with van der Waals surface area (Å²) in [7, 11) is 0. The Morgan fingerprint density at radius 2 is 2.25 bits per heavy atom. The van der Waals surface area contributed by atoms with Crippen LogP contribution in [0.2, 0.25) is 0 Å². The van der Waals surface area contributed by atoms with Crippen LogP contribution in [0.1, 0.15) is 28.8 Å². The van der Waals surface area contributed by atoms with Crippen molar-refractivity contribution in [2.45, 2.75) is 24.9 Å². The second-order valence-electron chi connectivity index (χ2n) is 4.09. The first-order valence-electron chi connectivity index (χ1n) is 5.25. The van der Waals surface area contributed by atoms with Gasteiger partial charge in [0.05, 0.1) is 11.6 Å². The third-order valence-corrected chi connectivity index (χ3v) is 2.76. The topological polar surface area (TPSA) is 78.9 Å². The lowest BCUT2D eigenvalue weighted by molar-refractivity contribution is 0.0910. The van der Waals surface area contributed by atoms with E-state index in [-0.39, 0.29) is 18.0 Å². The van der Waals surface area contributed by atoms with Crippen LogP contribution in [-0.2, 0) is 0 Å². The smallest absolute Gasteiger partial charge is 0.251 e. The monoisotopic (exact) mass is 215 g/mol. The van der Waals surface area contributed by atoms with Crippen LogP contribution >= 0.6 is 0 Å². The van der Waals surface area contributed by atoms with E-state index in [1.54, 1.807) is 24.3 Å². The average molecular weight is 215 g/mol. The van der Waals surface area contributed by atoms with Crippen LogP contribution < -0.4 is 11.1 Å². The van der Waals surface area contributed by atoms with Gasteiger partial charge in [-0.05, 0) is 31.0 Å². The predicted molar refractivity (Wildman–Crippen MR) is 59.6 cm³/mol. The van der Waals surface area contributed by atoms with Gasteiger partial charge in [0.25, 0.3) is 5.91 Å². The summed E-state index contributed by atoms with van der Waals surface area (Å²) in [5.74, 6) is -0.131. The standard InChI is InChI=1S/C12H13N3O/c13-7-8-2-1-3-9(4-8)12(16)15-11-5-10(14)6-11/h1-4,10-11H,5-6,14H2,(H,15,16). The molecule has 2 rings (SSSR count). The van der Waals surface area contributed by atoms with Gasteiger partial charge in [-0.3, -0.25) is 4.79 Å². The van der Waals surface area contributed by atoms with Crippen molar-refractivity contribution in [1.82, 2.24) is 5.32 Å². The minimum absolute atomic E-state index is 0.131. The average Bonchev–Trinajstić information content (AvgIpc) is 2.27. The molecule has 0 saturated heterocycles. The SMILES string of the molecule is N#Cc1cccc(C(=O)NC2CC(N)C2)c1. The molecule has 0 spiro atoms. The molecule has 1 fully saturated rings. The largest absolute Gasteiger partial charge is 0.349 e. The fourth-order valence-electron chi connectivity index (χ4n) is 1.78. The van der Waals surface area contributed by atoms with Crippen LogP contribution in [0.25, 0.3) is 0 Å². The Morgan fingerprint density at radius 1 is 1.50 bits per heavy atom. The minimum atomic E-state index is -0.131. The van der Waals surface area contributed by atoms with Gasteiger partial charge in [0.1, 0.15) is 0 Å². The van der Waals surface area contributed by atoms with E-state index in [4.69, 9.17) is 11.0 Å². The Labute approximate surface area is 94.1 Å². The van der Waals surface area contributed by atoms with E-state index in [9.17, 15) is 4.79 Å². The van der Waals surface area contributed by atoms with E-state index in [2.05, 4.69) is 5.32 Å². The molecule has 0 atom stereocenters. The van der Waals surface area contributed by atoms with Gasteiger partial charge in [0.2, 0.25) is 0 Å². The zero-order chi connectivity index (χ0) is 11.5. The Bertz CT molecular complexity index is 444. The summed E-state index contributed by atoms with van der Waals surface area (Å²) in [6.07, 6.45) is 1.67. The predicted octanol–water partition coefficient (Wildman–Crippen LogP) is 0.778. The summed E-state index contributed by atoms with van der Waals surface area (Å²) in [6, 6.07) is 9.10. The van der Waals surface area contributed by atoms with Crippen molar-refractivity contribution in [3.8, 4) is 6.07 Å². The lowest BCUT2D eigenvalue weighted by Gasteiger charge is -2.32. The van der Waals surface area contributed by atoms with Crippen LogP contribution in [0.5, 0.6) is 0 Å². The molecule has 16 heavy (non-hydrogen) atoms. The van der Waals surface area contributed by atoms with Gasteiger partial charge in [-0.2, -0.15) is 5.26 Å². The quantitative estimate of drug-likeness (QED) is 0.765. The summed E-state index contributed by atoms with van der Waals surface area (Å²) in [5.41, 5.74) is 6.66. The van der Waals surface area contributed by atoms with Gasteiger partial charge in [0, 0.05) is 17.6 Å². The fraction of sp³-hybridized carbons (Fsp3) is 0.333. The van der Waals surface area contributed by atoms with Crippen molar-refractivity contribution >= 4 is 5.91 Å². The Kier molecular flexibility index (Phi) is 2.88. The molecule has 1 amide bonds. The molecule has 0 bridgehead atoms. The Hall–Kier alpha value is -1.86. The van der Waals surface area contributed by atoms with E-state index in [0.717, 1.165) is 12.8 Å². The molecule has 1 aromatic carbocycles. The zero-order valence-electron chi connectivity index (χ0n) is 8.81. The molecule has 0 radical (unpaired) electrons. The van der Waals surface area contributed by atoms with Gasteiger partial charge in [-0.1, -0.05) is 6.07 Å². The van der Waals surface area contributed by atoms with Crippen LogP contribution in [0.3, 0.4) is 0 Å². The highest BCUT2D eigenvalue weighted by atomic mass is 16.1. The summed E-state index contributed by atoms with van der Waals surface area (Å²) < 4.78 is 0. The fourth-order valence-corrected chi connectivity index (χ4v) is 1.78. The second-order valence-corrected chi connectivity index (χ2v) is 4.09. The summed E-state index contributed by atoms with van der Waals surface area (Å²) in [5, 5.41) is 11.6. The molecule has 3 N–H and O–H groups in total. The van der Waals surface area contributed by atoms with E-state index in [1.165, 1.54) is 0 Å². The van der Waals surface area contributed by atoms with E-state index in [0.29, 0.717) is 11.1 Å². The third-order valence-electron chi connectivity index (χ3n) is 2.76. The van der Waals surface area contributed by atoms with Crippen LogP contribution in [0.4, 0.5) is 0 Å². The number of carbonyl (C=O) groups excluding carboxylic acids is 1. The highest BCUT2D eigenvalue weighted by Crippen LogP contribution is 2.18. The summed E-state index contributed by atoms with van der Waals surface area (Å²) >= 11 is 0. The number of nitriles is 1. The second kappa shape index (κ2) is 4.33. The van der Waals surface area contributed by atoms with Crippen molar-refractivity contribution in [3.05, 3.63) is 35.4 Å². The molecule has 82 valence electrons. The van der Waals surface area contributed by atoms with E-state index >= 15 is 0 Å². The van der Waals surface area contributed by atoms with Crippen molar-refractivity contribution in [3.63, 3.8) is 0 Å². The number of carbonyl (C=O) groups is 1. The number of hydrogen-bond donors (Lipinski definition) is 2. The molecule has 1 aromatic rings. The molecule has 1 aliphatic carbocycles. The van der Waals surface area contributed by atoms with Crippen molar-refractivity contribution in [2.75, 3.05) is 0 Å². The molecule has 0 aromatic heterocycles. The van der Waals surface area contributed by atoms with Gasteiger partial charge in [0.15, 0.2) is 0 Å². The number of nitrogens with two attached hydrogens (primary N) is 1. The molecule has 0 unspecified atom stereocenters. The van der Waals surface area contributed by atoms with Crippen molar-refractivity contribution in [2.24, 2.45) is 5.73 Å². The minimum Gasteiger partial charge on any atom is -0.349 e. The molecular weight excluding hydrogens is 202 g/mol. The van der Waals surface area contributed by atoms with E-state index in [1.807, 2.05) is 6.07 Å². The van der Waals surface area contributed by atoms with Gasteiger partial charge < -0.3 is 11.1 Å². The van der Waals surface area contributed by atoms with Crippen LogP contribution in [-0.4, -0.2) is 18.0 Å². The highest BCUT2D eigenvalue weighted by Gasteiger charge is 2.27. The number of hydrogen-bond acceptors (Lipinski definition) is 3. The number of amides is 1. The van der Waals surface area contributed by atoms with Gasteiger partial charge in [-0.15, -0.1) is 0 Å². The van der Waals surface area contributed by atoms with E-state index < -0.39 is 0 Å². The first kappa shape index (κ1) is 10.7. The maximum Gasteiger partial charge on any atom is 0.251 e. The highest BCUT2D eigenvalue weighted by molar-refractivity contribution is 5.94. The lowest BCUT2D eigenvalue weighted by atomic mass is 9.87. The number of nitrogens with zero attached hydrogens (tertiary/aromatic N) is 1. The number of benzene rings is 1.